The van der Waals surface area contributed by atoms with Gasteiger partial charge in [-0.25, -0.2) is 0 Å². The van der Waals surface area contributed by atoms with E-state index < -0.39 is 0 Å². The van der Waals surface area contributed by atoms with Crippen LogP contribution in [0.25, 0.3) is 10.9 Å². The summed E-state index contributed by atoms with van der Waals surface area (Å²) in [7, 11) is 0. The Hall–Kier alpha value is -0.510. The highest BCUT2D eigenvalue weighted by molar-refractivity contribution is 9.10. The Morgan fingerprint density at radius 2 is 2.12 bits per heavy atom. The fourth-order valence-electron chi connectivity index (χ4n) is 2.38. The number of aromatic nitrogens is 1. The summed E-state index contributed by atoms with van der Waals surface area (Å²) in [5, 5.41) is 4.79. The van der Waals surface area contributed by atoms with Crippen molar-refractivity contribution in [3.8, 4) is 0 Å². The van der Waals surface area contributed by atoms with Gasteiger partial charge in [-0.3, -0.25) is 0 Å². The molecule has 0 atom stereocenters. The molecule has 1 aliphatic heterocycles. The molecule has 2 heterocycles. The zero-order valence-electron chi connectivity index (χ0n) is 9.06. The molecule has 0 saturated carbocycles. The highest BCUT2D eigenvalue weighted by atomic mass is 79.9. The molecular weight excluding hydrogens is 288 g/mol. The molecule has 2 nitrogen and oxygen atoms in total. The van der Waals surface area contributed by atoms with Gasteiger partial charge in [0.05, 0.1) is 0 Å². The molecule has 0 radical (unpaired) electrons. The Morgan fingerprint density at radius 1 is 1.31 bits per heavy atom. The Balaban J connectivity index is 0.000000963. The molecular formula is C12H14BrClN2. The molecule has 2 aromatic rings. The molecule has 2 N–H and O–H groups in total. The highest BCUT2D eigenvalue weighted by Gasteiger charge is 2.15. The van der Waals surface area contributed by atoms with E-state index in [1.54, 1.807) is 0 Å². The van der Waals surface area contributed by atoms with E-state index >= 15 is 0 Å². The standard InChI is InChI=1S/C12H13BrN2.ClH/c1-7-4-8(13)5-9-10-6-14-3-2-11(10)15-12(7)9;/h4-5,14-15H,2-3,6H2,1H3;1H. The van der Waals surface area contributed by atoms with Crippen LogP contribution in [0.3, 0.4) is 0 Å². The Labute approximate surface area is 109 Å². The van der Waals surface area contributed by atoms with Crippen LogP contribution in [-0.4, -0.2) is 11.5 Å². The van der Waals surface area contributed by atoms with Gasteiger partial charge in [-0.2, -0.15) is 0 Å². The summed E-state index contributed by atoms with van der Waals surface area (Å²) in [6.45, 7) is 4.23. The van der Waals surface area contributed by atoms with E-state index in [0.29, 0.717) is 0 Å². The van der Waals surface area contributed by atoms with Crippen molar-refractivity contribution in [1.29, 1.82) is 0 Å². The molecule has 0 aliphatic carbocycles. The lowest BCUT2D eigenvalue weighted by Gasteiger charge is -2.12. The summed E-state index contributed by atoms with van der Waals surface area (Å²) in [5.41, 5.74) is 5.46. The summed E-state index contributed by atoms with van der Waals surface area (Å²) < 4.78 is 1.17. The number of rotatable bonds is 0. The number of aryl methyl sites for hydroxylation is 1. The van der Waals surface area contributed by atoms with E-state index in [1.807, 2.05) is 0 Å². The number of aromatic amines is 1. The van der Waals surface area contributed by atoms with Gasteiger partial charge in [-0.15, -0.1) is 12.4 Å². The molecule has 0 bridgehead atoms. The number of nitrogens with one attached hydrogen (secondary N) is 2. The number of halogens is 2. The van der Waals surface area contributed by atoms with Crippen LogP contribution in [0.5, 0.6) is 0 Å². The van der Waals surface area contributed by atoms with Crippen molar-refractivity contribution in [1.82, 2.24) is 10.3 Å². The van der Waals surface area contributed by atoms with Crippen molar-refractivity contribution < 1.29 is 0 Å². The largest absolute Gasteiger partial charge is 0.358 e. The minimum atomic E-state index is 0. The van der Waals surface area contributed by atoms with Gasteiger partial charge in [-0.1, -0.05) is 15.9 Å². The summed E-state index contributed by atoms with van der Waals surface area (Å²) in [6, 6.07) is 4.38. The monoisotopic (exact) mass is 300 g/mol. The lowest BCUT2D eigenvalue weighted by Crippen LogP contribution is -2.22. The predicted octanol–water partition coefficient (Wildman–Crippen LogP) is 3.31. The third kappa shape index (κ3) is 1.77. The smallest absolute Gasteiger partial charge is 0.0489 e. The second kappa shape index (κ2) is 4.40. The average molecular weight is 302 g/mol. The third-order valence-corrected chi connectivity index (χ3v) is 3.58. The first kappa shape index (κ1) is 12.0. The first-order valence-electron chi connectivity index (χ1n) is 5.26. The molecule has 0 amide bonds. The number of benzene rings is 1. The van der Waals surface area contributed by atoms with Crippen molar-refractivity contribution >= 4 is 39.2 Å². The van der Waals surface area contributed by atoms with Crippen molar-refractivity contribution in [2.24, 2.45) is 0 Å². The second-order valence-corrected chi connectivity index (χ2v) is 5.07. The summed E-state index contributed by atoms with van der Waals surface area (Å²) in [4.78, 5) is 3.55. The van der Waals surface area contributed by atoms with Gasteiger partial charge < -0.3 is 10.3 Å². The van der Waals surface area contributed by atoms with Crippen LogP contribution in [0, 0.1) is 6.92 Å². The molecule has 4 heteroatoms. The van der Waals surface area contributed by atoms with E-state index in [2.05, 4.69) is 45.3 Å². The predicted molar refractivity (Wildman–Crippen MR) is 73.4 cm³/mol. The first-order valence-corrected chi connectivity index (χ1v) is 6.05. The van der Waals surface area contributed by atoms with Gasteiger partial charge in [0.15, 0.2) is 0 Å². The quantitative estimate of drug-likeness (QED) is 0.768. The Bertz CT molecular complexity index is 533. The van der Waals surface area contributed by atoms with Gasteiger partial charge in [0, 0.05) is 40.6 Å². The van der Waals surface area contributed by atoms with Gasteiger partial charge in [-0.05, 0) is 30.2 Å². The summed E-state index contributed by atoms with van der Waals surface area (Å²) in [5.74, 6) is 0. The van der Waals surface area contributed by atoms with E-state index in [9.17, 15) is 0 Å². The van der Waals surface area contributed by atoms with Crippen LogP contribution in [0.15, 0.2) is 16.6 Å². The first-order chi connectivity index (χ1) is 7.25. The molecule has 86 valence electrons. The summed E-state index contributed by atoms with van der Waals surface area (Å²) >= 11 is 3.56. The highest BCUT2D eigenvalue weighted by Crippen LogP contribution is 2.30. The second-order valence-electron chi connectivity index (χ2n) is 4.15. The van der Waals surface area contributed by atoms with Gasteiger partial charge in [0.25, 0.3) is 0 Å². The van der Waals surface area contributed by atoms with Gasteiger partial charge >= 0.3 is 0 Å². The fraction of sp³-hybridized carbons (Fsp3) is 0.333. The topological polar surface area (TPSA) is 27.8 Å². The van der Waals surface area contributed by atoms with Crippen molar-refractivity contribution in [2.75, 3.05) is 6.54 Å². The van der Waals surface area contributed by atoms with E-state index in [-0.39, 0.29) is 12.4 Å². The van der Waals surface area contributed by atoms with Crippen molar-refractivity contribution in [2.45, 2.75) is 19.9 Å². The average Bonchev–Trinajstić information content (AvgIpc) is 2.57. The molecule has 1 aliphatic rings. The fourth-order valence-corrected chi connectivity index (χ4v) is 2.95. The number of hydrogen-bond acceptors (Lipinski definition) is 1. The molecule has 0 fully saturated rings. The number of H-pyrrole nitrogens is 1. The normalized spacial score (nSPS) is 14.6. The van der Waals surface area contributed by atoms with Crippen LogP contribution in [0.2, 0.25) is 0 Å². The molecule has 1 aromatic heterocycles. The minimum Gasteiger partial charge on any atom is -0.358 e. The molecule has 0 spiro atoms. The maximum absolute atomic E-state index is 3.56. The number of hydrogen-bond donors (Lipinski definition) is 2. The van der Waals surface area contributed by atoms with Crippen LogP contribution >= 0.6 is 28.3 Å². The molecule has 0 unspecified atom stereocenters. The van der Waals surface area contributed by atoms with Crippen molar-refractivity contribution in [3.63, 3.8) is 0 Å². The third-order valence-electron chi connectivity index (χ3n) is 3.12. The van der Waals surface area contributed by atoms with Gasteiger partial charge in [0.2, 0.25) is 0 Å². The maximum atomic E-state index is 3.56. The zero-order chi connectivity index (χ0) is 10.4. The van der Waals surface area contributed by atoms with Crippen LogP contribution in [0.1, 0.15) is 16.8 Å². The summed E-state index contributed by atoms with van der Waals surface area (Å²) in [6.07, 6.45) is 1.11. The van der Waals surface area contributed by atoms with E-state index in [1.165, 1.54) is 32.2 Å². The van der Waals surface area contributed by atoms with E-state index in [0.717, 1.165) is 19.5 Å². The number of fused-ring (bicyclic) bond motifs is 3. The van der Waals surface area contributed by atoms with Gasteiger partial charge in [0.1, 0.15) is 0 Å². The zero-order valence-corrected chi connectivity index (χ0v) is 11.5. The molecule has 0 saturated heterocycles. The van der Waals surface area contributed by atoms with Crippen molar-refractivity contribution in [3.05, 3.63) is 33.4 Å². The Morgan fingerprint density at radius 3 is 2.94 bits per heavy atom. The van der Waals surface area contributed by atoms with Crippen LogP contribution < -0.4 is 5.32 Å². The maximum Gasteiger partial charge on any atom is 0.0489 e. The van der Waals surface area contributed by atoms with E-state index in [4.69, 9.17) is 0 Å². The lowest BCUT2D eigenvalue weighted by molar-refractivity contribution is 0.641. The molecule has 1 aromatic carbocycles. The van der Waals surface area contributed by atoms with Crippen LogP contribution in [0.4, 0.5) is 0 Å². The SMILES string of the molecule is Cc1cc(Br)cc2c3c([nH]c12)CCNC3.Cl. The minimum absolute atomic E-state index is 0. The van der Waals surface area contributed by atoms with Crippen LogP contribution in [-0.2, 0) is 13.0 Å². The Kier molecular flexibility index (Phi) is 3.29. The molecule has 3 rings (SSSR count). The molecule has 16 heavy (non-hydrogen) atoms. The lowest BCUT2D eigenvalue weighted by atomic mass is 10.0.